The Balaban J connectivity index is 2.96. The molecule has 12 heteroatoms. The Kier molecular flexibility index (Phi) is 10.2. The van der Waals surface area contributed by atoms with Gasteiger partial charge in [-0.1, -0.05) is 0 Å². The summed E-state index contributed by atoms with van der Waals surface area (Å²) < 4.78 is 0. The first kappa shape index (κ1) is 25.3. The third-order valence-corrected chi connectivity index (χ3v) is 4.81. The van der Waals surface area contributed by atoms with Crippen LogP contribution >= 0.6 is 0 Å². The number of carbonyl (C=O) groups is 5. The van der Waals surface area contributed by atoms with Crippen LogP contribution in [0.5, 0.6) is 0 Å². The number of aliphatic carboxylic acids is 2. The number of unbranched alkanes of at least 4 members (excludes halogenated alkanes) is 1. The molecule has 4 atom stereocenters. The number of carbonyl (C=O) groups excluding carboxylic acids is 3. The Morgan fingerprint density at radius 3 is 2.23 bits per heavy atom. The molecule has 0 bridgehead atoms. The molecule has 0 saturated carbocycles. The van der Waals surface area contributed by atoms with Gasteiger partial charge in [-0.05, 0) is 45.6 Å². The monoisotopic (exact) mass is 429 g/mol. The number of nitrogens with one attached hydrogen (secondary N) is 2. The van der Waals surface area contributed by atoms with Crippen LogP contribution < -0.4 is 22.1 Å². The van der Waals surface area contributed by atoms with E-state index in [1.54, 1.807) is 0 Å². The molecule has 1 heterocycles. The maximum atomic E-state index is 12.8. The minimum atomic E-state index is -1.46. The van der Waals surface area contributed by atoms with Crippen LogP contribution in [0.15, 0.2) is 0 Å². The molecule has 8 N–H and O–H groups in total. The molecule has 0 spiro atoms. The third kappa shape index (κ3) is 7.59. The Morgan fingerprint density at radius 1 is 1.07 bits per heavy atom. The molecule has 1 fully saturated rings. The highest BCUT2D eigenvalue weighted by Crippen LogP contribution is 2.19. The first-order chi connectivity index (χ1) is 14.1. The largest absolute Gasteiger partial charge is 0.481 e. The number of likely N-dealkylation sites (tertiary alicyclic amines) is 1. The number of carboxylic acids is 2. The highest BCUT2D eigenvalue weighted by molar-refractivity contribution is 5.95. The van der Waals surface area contributed by atoms with E-state index in [1.165, 1.54) is 6.92 Å². The first-order valence-electron chi connectivity index (χ1n) is 9.90. The van der Waals surface area contributed by atoms with Gasteiger partial charge in [-0.3, -0.25) is 19.2 Å². The van der Waals surface area contributed by atoms with E-state index in [2.05, 4.69) is 10.6 Å². The third-order valence-electron chi connectivity index (χ3n) is 4.81. The highest BCUT2D eigenvalue weighted by atomic mass is 16.4. The molecule has 0 aliphatic carbocycles. The molecule has 3 amide bonds. The van der Waals surface area contributed by atoms with E-state index in [9.17, 15) is 29.1 Å². The van der Waals surface area contributed by atoms with Crippen LogP contribution in [0.1, 0.15) is 45.4 Å². The summed E-state index contributed by atoms with van der Waals surface area (Å²) in [6.45, 7) is 1.99. The summed E-state index contributed by atoms with van der Waals surface area (Å²) in [5.41, 5.74) is 11.0. The van der Waals surface area contributed by atoms with Crippen molar-refractivity contribution >= 4 is 29.7 Å². The van der Waals surface area contributed by atoms with Crippen molar-refractivity contribution in [2.75, 3.05) is 13.1 Å². The lowest BCUT2D eigenvalue weighted by molar-refractivity contribution is -0.150. The predicted molar refractivity (Wildman–Crippen MR) is 105 cm³/mol. The fraction of sp³-hybridized carbons (Fsp3) is 0.722. The standard InChI is InChI=1S/C18H31N5O7/c1-10(20)15(26)21-11(5-2-3-7-19)16(27)22-12(9-14(24)25)17(28)23-8-4-6-13(23)18(29)30/h10-13H,2-9,19-20H2,1H3,(H,21,26)(H,22,27)(H,24,25)(H,29,30). The Bertz CT molecular complexity index is 655. The molecule has 0 aromatic heterocycles. The molecule has 1 aliphatic heterocycles. The molecule has 1 saturated heterocycles. The molecule has 170 valence electrons. The van der Waals surface area contributed by atoms with E-state index >= 15 is 0 Å². The van der Waals surface area contributed by atoms with E-state index in [0.29, 0.717) is 25.8 Å². The van der Waals surface area contributed by atoms with Crippen molar-refractivity contribution < 1.29 is 34.2 Å². The van der Waals surface area contributed by atoms with E-state index in [0.717, 1.165) is 4.90 Å². The van der Waals surface area contributed by atoms with E-state index in [-0.39, 0.29) is 19.4 Å². The van der Waals surface area contributed by atoms with Crippen LogP contribution in [0.25, 0.3) is 0 Å². The van der Waals surface area contributed by atoms with E-state index < -0.39 is 60.2 Å². The second-order valence-corrected chi connectivity index (χ2v) is 7.32. The smallest absolute Gasteiger partial charge is 0.326 e. The summed E-state index contributed by atoms with van der Waals surface area (Å²) in [6, 6.07) is -4.43. The van der Waals surface area contributed by atoms with Gasteiger partial charge in [0.2, 0.25) is 17.7 Å². The number of amides is 3. The fourth-order valence-corrected chi connectivity index (χ4v) is 3.20. The first-order valence-corrected chi connectivity index (χ1v) is 9.90. The van der Waals surface area contributed by atoms with Crippen molar-refractivity contribution in [3.8, 4) is 0 Å². The van der Waals surface area contributed by atoms with Crippen molar-refractivity contribution in [3.63, 3.8) is 0 Å². The Morgan fingerprint density at radius 2 is 1.70 bits per heavy atom. The zero-order valence-electron chi connectivity index (χ0n) is 17.0. The van der Waals surface area contributed by atoms with Crippen molar-refractivity contribution in [1.82, 2.24) is 15.5 Å². The molecule has 4 unspecified atom stereocenters. The van der Waals surface area contributed by atoms with E-state index in [1.807, 2.05) is 0 Å². The Hall–Kier alpha value is -2.73. The van der Waals surface area contributed by atoms with Crippen molar-refractivity contribution in [2.24, 2.45) is 11.5 Å². The van der Waals surface area contributed by atoms with Crippen molar-refractivity contribution in [2.45, 2.75) is 69.6 Å². The Labute approximate surface area is 174 Å². The zero-order valence-corrected chi connectivity index (χ0v) is 17.0. The summed E-state index contributed by atoms with van der Waals surface area (Å²) in [5.74, 6) is -4.62. The van der Waals surface area contributed by atoms with E-state index in [4.69, 9.17) is 16.6 Å². The minimum Gasteiger partial charge on any atom is -0.481 e. The highest BCUT2D eigenvalue weighted by Gasteiger charge is 2.39. The van der Waals surface area contributed by atoms with Gasteiger partial charge in [0, 0.05) is 6.54 Å². The molecule has 1 rings (SSSR count). The molecule has 0 aromatic carbocycles. The van der Waals surface area contributed by atoms with Gasteiger partial charge in [0.05, 0.1) is 12.5 Å². The van der Waals surface area contributed by atoms with Gasteiger partial charge in [-0.15, -0.1) is 0 Å². The van der Waals surface area contributed by atoms with Crippen LogP contribution in [-0.4, -0.2) is 82.0 Å². The predicted octanol–water partition coefficient (Wildman–Crippen LogP) is -2.02. The number of carboxylic acid groups (broad SMARTS) is 2. The van der Waals surface area contributed by atoms with Crippen LogP contribution in [0.3, 0.4) is 0 Å². The topological polar surface area (TPSA) is 205 Å². The minimum absolute atomic E-state index is 0.156. The average Bonchev–Trinajstić information content (AvgIpc) is 3.15. The van der Waals surface area contributed by atoms with Gasteiger partial charge in [0.1, 0.15) is 18.1 Å². The molecule has 30 heavy (non-hydrogen) atoms. The van der Waals surface area contributed by atoms with Crippen molar-refractivity contribution in [3.05, 3.63) is 0 Å². The molecule has 0 radical (unpaired) electrons. The number of rotatable bonds is 12. The molecular weight excluding hydrogens is 398 g/mol. The lowest BCUT2D eigenvalue weighted by Gasteiger charge is -2.28. The number of nitrogens with zero attached hydrogens (tertiary/aromatic N) is 1. The maximum absolute atomic E-state index is 12.8. The van der Waals surface area contributed by atoms with Crippen LogP contribution in [0.4, 0.5) is 0 Å². The zero-order chi connectivity index (χ0) is 22.8. The quantitative estimate of drug-likeness (QED) is 0.189. The van der Waals surface area contributed by atoms with Crippen LogP contribution in [0.2, 0.25) is 0 Å². The number of hydrogen-bond acceptors (Lipinski definition) is 7. The summed E-state index contributed by atoms with van der Waals surface area (Å²) >= 11 is 0. The van der Waals surface area contributed by atoms with Gasteiger partial charge < -0.3 is 37.2 Å². The number of nitrogens with two attached hydrogens (primary N) is 2. The molecular formula is C18H31N5O7. The summed E-state index contributed by atoms with van der Waals surface area (Å²) in [7, 11) is 0. The van der Waals surface area contributed by atoms with Gasteiger partial charge in [0.25, 0.3) is 0 Å². The second kappa shape index (κ2) is 12.1. The van der Waals surface area contributed by atoms with Gasteiger partial charge in [-0.2, -0.15) is 0 Å². The molecule has 1 aliphatic rings. The molecule has 0 aromatic rings. The van der Waals surface area contributed by atoms with Gasteiger partial charge in [-0.25, -0.2) is 4.79 Å². The number of hydrogen-bond donors (Lipinski definition) is 6. The lowest BCUT2D eigenvalue weighted by atomic mass is 10.1. The van der Waals surface area contributed by atoms with Gasteiger partial charge >= 0.3 is 11.9 Å². The lowest BCUT2D eigenvalue weighted by Crippen LogP contribution is -2.57. The summed E-state index contributed by atoms with van der Waals surface area (Å²) in [6.07, 6.45) is 1.33. The second-order valence-electron chi connectivity index (χ2n) is 7.32. The van der Waals surface area contributed by atoms with Crippen molar-refractivity contribution in [1.29, 1.82) is 0 Å². The van der Waals surface area contributed by atoms with Crippen LogP contribution in [-0.2, 0) is 24.0 Å². The summed E-state index contributed by atoms with van der Waals surface area (Å²) in [5, 5.41) is 23.3. The SMILES string of the molecule is CC(N)C(=O)NC(CCCCN)C(=O)NC(CC(=O)O)C(=O)N1CCCC1C(=O)O. The average molecular weight is 429 g/mol. The normalized spacial score (nSPS) is 18.9. The van der Waals surface area contributed by atoms with Gasteiger partial charge in [0.15, 0.2) is 0 Å². The molecule has 12 nitrogen and oxygen atoms in total. The maximum Gasteiger partial charge on any atom is 0.326 e. The summed E-state index contributed by atoms with van der Waals surface area (Å²) in [4.78, 5) is 61.2. The fourth-order valence-electron chi connectivity index (χ4n) is 3.20. The van der Waals surface area contributed by atoms with Crippen LogP contribution in [0, 0.1) is 0 Å².